The Bertz CT molecular complexity index is 182. The third-order valence-corrected chi connectivity index (χ3v) is 1.68. The summed E-state index contributed by atoms with van der Waals surface area (Å²) in [5, 5.41) is 8.75. The van der Waals surface area contributed by atoms with Gasteiger partial charge in [0.2, 0.25) is 0 Å². The van der Waals surface area contributed by atoms with E-state index >= 15 is 0 Å². The van der Waals surface area contributed by atoms with Gasteiger partial charge in [-0.1, -0.05) is 34.6 Å². The highest BCUT2D eigenvalue weighted by atomic mass is 16.4. The van der Waals surface area contributed by atoms with Crippen LogP contribution in [0.4, 0.5) is 0 Å². The molecule has 0 saturated carbocycles. The monoisotopic (exact) mass is 201 g/mol. The van der Waals surface area contributed by atoms with Crippen LogP contribution in [-0.2, 0) is 4.79 Å². The molecule has 0 unspecified atom stereocenters. The van der Waals surface area contributed by atoms with Crippen LogP contribution in [0.1, 0.15) is 34.6 Å². The minimum Gasteiger partial charge on any atom is -0.480 e. The number of carbonyl (C=O) groups is 1. The van der Waals surface area contributed by atoms with E-state index in [9.17, 15) is 4.79 Å². The Morgan fingerprint density at radius 3 is 2.14 bits per heavy atom. The van der Waals surface area contributed by atoms with Gasteiger partial charge in [0.1, 0.15) is 0 Å². The average Bonchev–Trinajstić information content (AvgIpc) is 1.77. The largest absolute Gasteiger partial charge is 0.480 e. The second-order valence-corrected chi connectivity index (χ2v) is 5.52. The van der Waals surface area contributed by atoms with Gasteiger partial charge in [-0.3, -0.25) is 9.69 Å². The van der Waals surface area contributed by atoms with Crippen LogP contribution in [0.5, 0.6) is 0 Å². The predicted octanol–water partition coefficient (Wildman–Crippen LogP) is 2.08. The van der Waals surface area contributed by atoms with Gasteiger partial charge in [-0.2, -0.15) is 0 Å². The van der Waals surface area contributed by atoms with Crippen molar-refractivity contribution in [3.05, 3.63) is 0 Å². The van der Waals surface area contributed by atoms with Gasteiger partial charge in [0.15, 0.2) is 0 Å². The van der Waals surface area contributed by atoms with Crippen LogP contribution in [0.15, 0.2) is 0 Å². The molecule has 0 aromatic heterocycles. The maximum absolute atomic E-state index is 10.6. The Labute approximate surface area is 87.1 Å². The molecule has 0 rings (SSSR count). The summed E-state index contributed by atoms with van der Waals surface area (Å²) < 4.78 is 0. The first-order valence-corrected chi connectivity index (χ1v) is 5.15. The van der Waals surface area contributed by atoms with Crippen LogP contribution < -0.4 is 0 Å². The van der Waals surface area contributed by atoms with E-state index in [2.05, 4.69) is 34.6 Å². The Hall–Kier alpha value is -0.570. The molecule has 0 heterocycles. The maximum atomic E-state index is 10.6. The summed E-state index contributed by atoms with van der Waals surface area (Å²) in [5.41, 5.74) is 0.157. The molecule has 0 aliphatic carbocycles. The van der Waals surface area contributed by atoms with Crippen molar-refractivity contribution in [2.24, 2.45) is 11.3 Å². The first-order valence-electron chi connectivity index (χ1n) is 5.15. The number of rotatable bonds is 5. The minimum atomic E-state index is -0.741. The number of carboxylic acid groups (broad SMARTS) is 1. The molecule has 0 spiro atoms. The van der Waals surface area contributed by atoms with E-state index in [1.165, 1.54) is 0 Å². The Morgan fingerprint density at radius 1 is 1.36 bits per heavy atom. The fourth-order valence-electron chi connectivity index (χ4n) is 1.56. The zero-order valence-electron chi connectivity index (χ0n) is 10.0. The maximum Gasteiger partial charge on any atom is 0.317 e. The van der Waals surface area contributed by atoms with Gasteiger partial charge in [0.25, 0.3) is 0 Å². The Morgan fingerprint density at radius 2 is 1.86 bits per heavy atom. The summed E-state index contributed by atoms with van der Waals surface area (Å²) in [5.74, 6) is -0.230. The summed E-state index contributed by atoms with van der Waals surface area (Å²) in [6.45, 7) is 12.4. The van der Waals surface area contributed by atoms with Crippen molar-refractivity contribution in [1.82, 2.24) is 4.90 Å². The fraction of sp³-hybridized carbons (Fsp3) is 0.909. The zero-order valence-corrected chi connectivity index (χ0v) is 10.0. The topological polar surface area (TPSA) is 40.5 Å². The van der Waals surface area contributed by atoms with Gasteiger partial charge in [-0.05, 0) is 11.3 Å². The second kappa shape index (κ2) is 5.35. The van der Waals surface area contributed by atoms with Gasteiger partial charge in [-0.15, -0.1) is 0 Å². The van der Waals surface area contributed by atoms with Gasteiger partial charge in [-0.25, -0.2) is 0 Å². The normalized spacial score (nSPS) is 12.5. The van der Waals surface area contributed by atoms with Crippen LogP contribution >= 0.6 is 0 Å². The van der Waals surface area contributed by atoms with Crippen LogP contribution in [0.2, 0.25) is 0 Å². The van der Waals surface area contributed by atoms with Crippen molar-refractivity contribution in [3.63, 3.8) is 0 Å². The smallest absolute Gasteiger partial charge is 0.317 e. The average molecular weight is 201 g/mol. The molecule has 0 radical (unpaired) electrons. The third-order valence-electron chi connectivity index (χ3n) is 1.68. The fourth-order valence-corrected chi connectivity index (χ4v) is 1.56. The highest BCUT2D eigenvalue weighted by Crippen LogP contribution is 2.15. The summed E-state index contributed by atoms with van der Waals surface area (Å²) in [6.07, 6.45) is 0. The van der Waals surface area contributed by atoms with Crippen molar-refractivity contribution < 1.29 is 9.90 Å². The number of aliphatic carboxylic acids is 1. The van der Waals surface area contributed by atoms with E-state index in [1.54, 1.807) is 0 Å². The first kappa shape index (κ1) is 13.4. The van der Waals surface area contributed by atoms with Crippen molar-refractivity contribution in [3.8, 4) is 0 Å². The van der Waals surface area contributed by atoms with E-state index in [1.807, 2.05) is 4.90 Å². The molecule has 3 nitrogen and oxygen atoms in total. The molecule has 3 heteroatoms. The van der Waals surface area contributed by atoms with E-state index in [4.69, 9.17) is 5.11 Å². The quantitative estimate of drug-likeness (QED) is 0.740. The third kappa shape index (κ3) is 8.05. The Balaban J connectivity index is 4.17. The molecule has 0 aliphatic rings. The molecule has 0 aromatic rings. The summed E-state index contributed by atoms with van der Waals surface area (Å²) in [4.78, 5) is 12.6. The van der Waals surface area contributed by atoms with Gasteiger partial charge < -0.3 is 5.11 Å². The zero-order chi connectivity index (χ0) is 11.4. The molecule has 0 aliphatic heterocycles. The standard InChI is InChI=1S/C11H23NO2/c1-9(2)6-12(7-10(13)14)8-11(3,4)5/h9H,6-8H2,1-5H3,(H,13,14). The van der Waals surface area contributed by atoms with E-state index in [0.29, 0.717) is 5.92 Å². The minimum absolute atomic E-state index is 0.148. The van der Waals surface area contributed by atoms with E-state index < -0.39 is 5.97 Å². The van der Waals surface area contributed by atoms with Crippen LogP contribution in [0.25, 0.3) is 0 Å². The Kier molecular flexibility index (Phi) is 5.13. The van der Waals surface area contributed by atoms with Crippen LogP contribution in [0.3, 0.4) is 0 Å². The van der Waals surface area contributed by atoms with E-state index in [-0.39, 0.29) is 12.0 Å². The van der Waals surface area contributed by atoms with Crippen molar-refractivity contribution in [2.75, 3.05) is 19.6 Å². The number of hydrogen-bond donors (Lipinski definition) is 1. The number of hydrogen-bond acceptors (Lipinski definition) is 2. The summed E-state index contributed by atoms with van der Waals surface area (Å²) in [7, 11) is 0. The summed E-state index contributed by atoms with van der Waals surface area (Å²) >= 11 is 0. The van der Waals surface area contributed by atoms with Gasteiger partial charge in [0, 0.05) is 13.1 Å². The van der Waals surface area contributed by atoms with Gasteiger partial charge in [0.05, 0.1) is 6.54 Å². The molecular weight excluding hydrogens is 178 g/mol. The first-order chi connectivity index (χ1) is 6.20. The molecular formula is C11H23NO2. The number of nitrogens with zero attached hydrogens (tertiary/aromatic N) is 1. The molecule has 0 aromatic carbocycles. The highest BCUT2D eigenvalue weighted by molar-refractivity contribution is 5.69. The van der Waals surface area contributed by atoms with Crippen molar-refractivity contribution in [1.29, 1.82) is 0 Å². The van der Waals surface area contributed by atoms with E-state index in [0.717, 1.165) is 13.1 Å². The molecule has 1 N–H and O–H groups in total. The molecule has 14 heavy (non-hydrogen) atoms. The van der Waals surface area contributed by atoms with Crippen LogP contribution in [-0.4, -0.2) is 35.6 Å². The van der Waals surface area contributed by atoms with Crippen LogP contribution in [0, 0.1) is 11.3 Å². The molecule has 0 saturated heterocycles. The second-order valence-electron chi connectivity index (χ2n) is 5.52. The lowest BCUT2D eigenvalue weighted by Gasteiger charge is -2.29. The highest BCUT2D eigenvalue weighted by Gasteiger charge is 2.18. The van der Waals surface area contributed by atoms with Gasteiger partial charge >= 0.3 is 5.97 Å². The molecule has 0 atom stereocenters. The lowest BCUT2D eigenvalue weighted by Crippen LogP contribution is -2.38. The lowest BCUT2D eigenvalue weighted by molar-refractivity contribution is -0.138. The predicted molar refractivity (Wildman–Crippen MR) is 58.4 cm³/mol. The molecule has 0 amide bonds. The SMILES string of the molecule is CC(C)CN(CC(=O)O)CC(C)(C)C. The number of carboxylic acids is 1. The molecule has 0 fully saturated rings. The van der Waals surface area contributed by atoms with Crippen molar-refractivity contribution >= 4 is 5.97 Å². The molecule has 0 bridgehead atoms. The summed E-state index contributed by atoms with van der Waals surface area (Å²) in [6, 6.07) is 0. The lowest BCUT2D eigenvalue weighted by atomic mass is 9.95. The molecule has 84 valence electrons. The van der Waals surface area contributed by atoms with Crippen molar-refractivity contribution in [2.45, 2.75) is 34.6 Å².